The molecule has 0 radical (unpaired) electrons. The Morgan fingerprint density at radius 2 is 2.15 bits per heavy atom. The van der Waals surface area contributed by atoms with Crippen molar-refractivity contribution in [3.63, 3.8) is 0 Å². The summed E-state index contributed by atoms with van der Waals surface area (Å²) in [5.74, 6) is 1.17. The molecule has 0 fully saturated rings. The number of carbonyl (C=O) groups is 2. The van der Waals surface area contributed by atoms with Gasteiger partial charge in [0.25, 0.3) is 0 Å². The molecule has 6 nitrogen and oxygen atoms in total. The number of amides is 3. The molecule has 0 saturated heterocycles. The van der Waals surface area contributed by atoms with Crippen LogP contribution in [0.4, 0.5) is 16.2 Å². The van der Waals surface area contributed by atoms with Crippen LogP contribution in [0.3, 0.4) is 0 Å². The summed E-state index contributed by atoms with van der Waals surface area (Å²) < 4.78 is 5.89. The molecule has 1 aliphatic rings. The topological polar surface area (TPSA) is 70.7 Å². The maximum Gasteiger partial charge on any atom is 0.319 e. The number of nitrogens with zero attached hydrogens (tertiary/aromatic N) is 1. The Morgan fingerprint density at radius 3 is 2.81 bits per heavy atom. The van der Waals surface area contributed by atoms with E-state index in [1.54, 1.807) is 29.2 Å². The van der Waals surface area contributed by atoms with Crippen molar-refractivity contribution in [2.24, 2.45) is 11.3 Å². The van der Waals surface area contributed by atoms with Crippen molar-refractivity contribution in [1.29, 1.82) is 0 Å². The van der Waals surface area contributed by atoms with E-state index in [2.05, 4.69) is 31.1 Å². The molecule has 0 saturated carbocycles. The van der Waals surface area contributed by atoms with Gasteiger partial charge in [0.1, 0.15) is 12.4 Å². The zero-order valence-electron chi connectivity index (χ0n) is 16.1. The molecule has 0 unspecified atom stereocenters. The van der Waals surface area contributed by atoms with Crippen molar-refractivity contribution in [3.05, 3.63) is 30.9 Å². The van der Waals surface area contributed by atoms with Gasteiger partial charge < -0.3 is 20.3 Å². The number of urea groups is 1. The van der Waals surface area contributed by atoms with Crippen molar-refractivity contribution in [2.75, 3.05) is 29.9 Å². The summed E-state index contributed by atoms with van der Waals surface area (Å²) in [6.45, 7) is 12.9. The standard InChI is InChI=1S/C20H29N3O3/c1-6-10-21-19(25)22-15-7-8-17-16(12-15)23(11-9-14(2)3)18(24)20(4,5)13-26-17/h6-8,12,14H,1,9-11,13H2,2-5H3,(H2,21,22,25). The fourth-order valence-electron chi connectivity index (χ4n) is 2.67. The molecule has 1 heterocycles. The van der Waals surface area contributed by atoms with Gasteiger partial charge in [0.2, 0.25) is 5.91 Å². The van der Waals surface area contributed by atoms with Crippen LogP contribution < -0.4 is 20.3 Å². The van der Waals surface area contributed by atoms with E-state index >= 15 is 0 Å². The normalized spacial score (nSPS) is 15.7. The van der Waals surface area contributed by atoms with E-state index in [0.29, 0.717) is 42.7 Å². The molecule has 0 bridgehead atoms. The maximum atomic E-state index is 13.1. The van der Waals surface area contributed by atoms with Gasteiger partial charge >= 0.3 is 6.03 Å². The molecule has 2 N–H and O–H groups in total. The highest BCUT2D eigenvalue weighted by molar-refractivity contribution is 6.00. The van der Waals surface area contributed by atoms with Gasteiger partial charge in [-0.15, -0.1) is 6.58 Å². The van der Waals surface area contributed by atoms with Crippen molar-refractivity contribution in [3.8, 4) is 5.75 Å². The summed E-state index contributed by atoms with van der Waals surface area (Å²) in [5.41, 5.74) is 0.698. The predicted molar refractivity (Wildman–Crippen MR) is 105 cm³/mol. The van der Waals surface area contributed by atoms with Crippen LogP contribution in [0.15, 0.2) is 30.9 Å². The van der Waals surface area contributed by atoms with Gasteiger partial charge in [0, 0.05) is 18.8 Å². The lowest BCUT2D eigenvalue weighted by Crippen LogP contribution is -2.43. The zero-order valence-corrected chi connectivity index (χ0v) is 16.1. The average molecular weight is 359 g/mol. The summed E-state index contributed by atoms with van der Waals surface area (Å²) in [4.78, 5) is 26.7. The number of nitrogens with one attached hydrogen (secondary N) is 2. The summed E-state index contributed by atoms with van der Waals surface area (Å²) in [5, 5.41) is 5.44. The molecule has 1 aromatic carbocycles. The highest BCUT2D eigenvalue weighted by atomic mass is 16.5. The summed E-state index contributed by atoms with van der Waals surface area (Å²) in [7, 11) is 0. The zero-order chi connectivity index (χ0) is 19.3. The SMILES string of the molecule is C=CCNC(=O)Nc1ccc2c(c1)N(CCC(C)C)C(=O)C(C)(C)CO2. The minimum absolute atomic E-state index is 0.0326. The third-order valence-electron chi connectivity index (χ3n) is 4.26. The van der Waals surface area contributed by atoms with E-state index in [-0.39, 0.29) is 11.9 Å². The van der Waals surface area contributed by atoms with Gasteiger partial charge in [-0.2, -0.15) is 0 Å². The second kappa shape index (κ2) is 8.25. The number of anilines is 2. The Morgan fingerprint density at radius 1 is 1.42 bits per heavy atom. The smallest absolute Gasteiger partial charge is 0.319 e. The van der Waals surface area contributed by atoms with Crippen LogP contribution in [0, 0.1) is 11.3 Å². The van der Waals surface area contributed by atoms with E-state index in [1.807, 2.05) is 13.8 Å². The van der Waals surface area contributed by atoms with Crippen LogP contribution in [0.1, 0.15) is 34.1 Å². The molecule has 0 atom stereocenters. The lowest BCUT2D eigenvalue weighted by molar-refractivity contribution is -0.127. The molecule has 0 aliphatic carbocycles. The van der Waals surface area contributed by atoms with Gasteiger partial charge in [-0.25, -0.2) is 4.79 Å². The summed E-state index contributed by atoms with van der Waals surface area (Å²) in [6, 6.07) is 5.05. The average Bonchev–Trinajstić information content (AvgIpc) is 2.67. The predicted octanol–water partition coefficient (Wildman–Crippen LogP) is 3.79. The number of rotatable bonds is 6. The van der Waals surface area contributed by atoms with Crippen molar-refractivity contribution in [1.82, 2.24) is 5.32 Å². The molecule has 142 valence electrons. The Labute approximate surface area is 155 Å². The monoisotopic (exact) mass is 359 g/mol. The van der Waals surface area contributed by atoms with Crippen molar-refractivity contribution < 1.29 is 14.3 Å². The Hall–Kier alpha value is -2.50. The first-order chi connectivity index (χ1) is 12.2. The Bertz CT molecular complexity index is 683. The molecule has 1 aliphatic heterocycles. The highest BCUT2D eigenvalue weighted by Gasteiger charge is 2.37. The summed E-state index contributed by atoms with van der Waals surface area (Å²) in [6.07, 6.45) is 2.50. The minimum Gasteiger partial charge on any atom is -0.490 e. The molecule has 2 rings (SSSR count). The van der Waals surface area contributed by atoms with E-state index in [1.165, 1.54) is 0 Å². The highest BCUT2D eigenvalue weighted by Crippen LogP contribution is 2.38. The number of hydrogen-bond acceptors (Lipinski definition) is 3. The van der Waals surface area contributed by atoms with E-state index in [0.717, 1.165) is 6.42 Å². The number of ether oxygens (including phenoxy) is 1. The second-order valence-electron chi connectivity index (χ2n) is 7.62. The van der Waals surface area contributed by atoms with Crippen LogP contribution in [0.5, 0.6) is 5.75 Å². The van der Waals surface area contributed by atoms with E-state index < -0.39 is 5.41 Å². The lowest BCUT2D eigenvalue weighted by Gasteiger charge is -2.28. The number of hydrogen-bond donors (Lipinski definition) is 2. The molecule has 1 aromatic rings. The third kappa shape index (κ3) is 4.77. The Balaban J connectivity index is 2.32. The van der Waals surface area contributed by atoms with E-state index in [4.69, 9.17) is 4.74 Å². The van der Waals surface area contributed by atoms with Gasteiger partial charge in [-0.05, 0) is 44.4 Å². The Kier molecular flexibility index (Phi) is 6.29. The van der Waals surface area contributed by atoms with Crippen LogP contribution in [-0.4, -0.2) is 31.6 Å². The third-order valence-corrected chi connectivity index (χ3v) is 4.26. The number of fused-ring (bicyclic) bond motifs is 1. The van der Waals surface area contributed by atoms with Crippen molar-refractivity contribution in [2.45, 2.75) is 34.1 Å². The first-order valence-corrected chi connectivity index (χ1v) is 8.99. The molecular formula is C20H29N3O3. The molecule has 26 heavy (non-hydrogen) atoms. The van der Waals surface area contributed by atoms with Crippen LogP contribution in [0.25, 0.3) is 0 Å². The van der Waals surface area contributed by atoms with Gasteiger partial charge in [-0.1, -0.05) is 19.9 Å². The quantitative estimate of drug-likeness (QED) is 0.759. The first-order valence-electron chi connectivity index (χ1n) is 8.99. The second-order valence-corrected chi connectivity index (χ2v) is 7.62. The van der Waals surface area contributed by atoms with Crippen LogP contribution in [-0.2, 0) is 4.79 Å². The molecule has 6 heteroatoms. The molecular weight excluding hydrogens is 330 g/mol. The van der Waals surface area contributed by atoms with Gasteiger partial charge in [-0.3, -0.25) is 4.79 Å². The molecule has 3 amide bonds. The molecule has 0 spiro atoms. The lowest BCUT2D eigenvalue weighted by atomic mass is 9.92. The number of benzene rings is 1. The maximum absolute atomic E-state index is 13.1. The van der Waals surface area contributed by atoms with Gasteiger partial charge in [0.15, 0.2) is 0 Å². The minimum atomic E-state index is -0.606. The van der Waals surface area contributed by atoms with Crippen molar-refractivity contribution >= 4 is 23.3 Å². The summed E-state index contributed by atoms with van der Waals surface area (Å²) >= 11 is 0. The number of carbonyl (C=O) groups excluding carboxylic acids is 2. The largest absolute Gasteiger partial charge is 0.490 e. The van der Waals surface area contributed by atoms with Crippen LogP contribution >= 0.6 is 0 Å². The fourth-order valence-corrected chi connectivity index (χ4v) is 2.67. The first kappa shape index (κ1) is 19.8. The fraction of sp³-hybridized carbons (Fsp3) is 0.500. The van der Waals surface area contributed by atoms with Crippen LogP contribution in [0.2, 0.25) is 0 Å². The van der Waals surface area contributed by atoms with Gasteiger partial charge in [0.05, 0.1) is 11.1 Å². The van der Waals surface area contributed by atoms with E-state index in [9.17, 15) is 9.59 Å². The molecule has 0 aromatic heterocycles.